The second-order valence-electron chi connectivity index (χ2n) is 4.51. The molecule has 2 N–H and O–H groups in total. The lowest BCUT2D eigenvalue weighted by atomic mass is 10.2. The van der Waals surface area contributed by atoms with E-state index < -0.39 is 0 Å². The summed E-state index contributed by atoms with van der Waals surface area (Å²) in [6.07, 6.45) is 1.46. The molecule has 0 bridgehead atoms. The number of hydrogen-bond donors (Lipinski definition) is 1. The summed E-state index contributed by atoms with van der Waals surface area (Å²) in [6, 6.07) is 0.0518. The summed E-state index contributed by atoms with van der Waals surface area (Å²) in [4.78, 5) is 27.0. The van der Waals surface area contributed by atoms with Gasteiger partial charge in [-0.1, -0.05) is 0 Å². The van der Waals surface area contributed by atoms with Gasteiger partial charge < -0.3 is 15.5 Å². The third-order valence-electron chi connectivity index (χ3n) is 3.29. The monoisotopic (exact) mass is 293 g/mol. The highest BCUT2D eigenvalue weighted by Gasteiger charge is 2.15. The van der Waals surface area contributed by atoms with Crippen molar-refractivity contribution in [1.29, 1.82) is 0 Å². The second kappa shape index (κ2) is 11.1. The molecule has 0 aliphatic rings. The number of rotatable bonds is 8. The van der Waals surface area contributed by atoms with Crippen molar-refractivity contribution in [3.05, 3.63) is 0 Å². The summed E-state index contributed by atoms with van der Waals surface area (Å²) in [6.45, 7) is 7.76. The number of carbonyl (C=O) groups is 2. The van der Waals surface area contributed by atoms with E-state index in [0.29, 0.717) is 25.8 Å². The molecule has 0 aliphatic heterocycles. The number of hydrogen-bond acceptors (Lipinski definition) is 3. The molecule has 0 radical (unpaired) electrons. The van der Waals surface area contributed by atoms with Gasteiger partial charge in [-0.3, -0.25) is 9.59 Å². The number of nitrogens with zero attached hydrogens (tertiary/aromatic N) is 2. The van der Waals surface area contributed by atoms with Crippen LogP contribution in [0.15, 0.2) is 0 Å². The van der Waals surface area contributed by atoms with Crippen molar-refractivity contribution >= 4 is 24.2 Å². The molecule has 2 amide bonds. The van der Waals surface area contributed by atoms with Crippen LogP contribution < -0.4 is 5.73 Å². The van der Waals surface area contributed by atoms with E-state index in [1.807, 2.05) is 20.8 Å². The Balaban J connectivity index is 0. The minimum Gasteiger partial charge on any atom is -0.343 e. The summed E-state index contributed by atoms with van der Waals surface area (Å²) in [7, 11) is 1.76. The molecule has 114 valence electrons. The summed E-state index contributed by atoms with van der Waals surface area (Å²) >= 11 is 0. The van der Waals surface area contributed by atoms with Crippen LogP contribution >= 0.6 is 12.4 Å². The zero-order valence-electron chi connectivity index (χ0n) is 12.5. The Morgan fingerprint density at radius 2 is 1.58 bits per heavy atom. The topological polar surface area (TPSA) is 66.6 Å². The molecule has 0 aromatic carbocycles. The average Bonchev–Trinajstić information content (AvgIpc) is 2.38. The number of likely N-dealkylation sites (N-methyl/N-ethyl adjacent to an activating group) is 1. The fraction of sp³-hybridized carbons (Fsp3) is 0.846. The summed E-state index contributed by atoms with van der Waals surface area (Å²) in [5.74, 6) is 0.183. The fourth-order valence-corrected chi connectivity index (χ4v) is 1.71. The number of carbonyl (C=O) groups excluding carboxylic acids is 2. The zero-order valence-corrected chi connectivity index (χ0v) is 13.3. The van der Waals surface area contributed by atoms with Crippen molar-refractivity contribution in [3.8, 4) is 0 Å². The van der Waals surface area contributed by atoms with Crippen LogP contribution in [0.3, 0.4) is 0 Å². The van der Waals surface area contributed by atoms with E-state index in [-0.39, 0.29) is 30.3 Å². The number of amides is 2. The Bertz CT molecular complexity index is 271. The van der Waals surface area contributed by atoms with Gasteiger partial charge in [0, 0.05) is 45.6 Å². The minimum atomic E-state index is 0. The minimum absolute atomic E-state index is 0. The molecular weight excluding hydrogens is 266 g/mol. The Hall–Kier alpha value is -0.810. The van der Waals surface area contributed by atoms with Gasteiger partial charge in [0.25, 0.3) is 0 Å². The number of halogens is 1. The second-order valence-corrected chi connectivity index (χ2v) is 4.51. The van der Waals surface area contributed by atoms with Crippen molar-refractivity contribution in [2.75, 3.05) is 26.7 Å². The third-order valence-corrected chi connectivity index (χ3v) is 3.29. The van der Waals surface area contributed by atoms with Gasteiger partial charge in [0.05, 0.1) is 0 Å². The molecular formula is C13H28ClN3O2. The molecule has 0 rings (SSSR count). The molecule has 1 atom stereocenters. The molecule has 0 aromatic rings. The lowest BCUT2D eigenvalue weighted by Gasteiger charge is -2.24. The first-order valence-electron chi connectivity index (χ1n) is 6.71. The normalized spacial score (nSPS) is 11.4. The first-order chi connectivity index (χ1) is 8.47. The van der Waals surface area contributed by atoms with Gasteiger partial charge in [-0.25, -0.2) is 0 Å². The van der Waals surface area contributed by atoms with Crippen LogP contribution in [0.25, 0.3) is 0 Å². The van der Waals surface area contributed by atoms with Crippen LogP contribution in [0.2, 0.25) is 0 Å². The van der Waals surface area contributed by atoms with Crippen molar-refractivity contribution < 1.29 is 9.59 Å². The van der Waals surface area contributed by atoms with Crippen LogP contribution in [-0.2, 0) is 9.59 Å². The lowest BCUT2D eigenvalue weighted by Crippen LogP contribution is -2.39. The standard InChI is InChI=1S/C13H27N3O2.ClH/c1-5-16(6-2)13(18)9-7-8-12(17)15(4)11(3)10-14;/h11H,5-10,14H2,1-4H3;1H. The SMILES string of the molecule is CCN(CC)C(=O)CCCC(=O)N(C)C(C)CN.Cl. The van der Waals surface area contributed by atoms with Crippen molar-refractivity contribution in [1.82, 2.24) is 9.80 Å². The highest BCUT2D eigenvalue weighted by Crippen LogP contribution is 2.05. The van der Waals surface area contributed by atoms with Crippen LogP contribution in [0.5, 0.6) is 0 Å². The molecule has 0 aromatic heterocycles. The van der Waals surface area contributed by atoms with Crippen LogP contribution in [0, 0.1) is 0 Å². The van der Waals surface area contributed by atoms with E-state index in [0.717, 1.165) is 13.1 Å². The molecule has 0 spiro atoms. The predicted octanol–water partition coefficient (Wildman–Crippen LogP) is 1.25. The summed E-state index contributed by atoms with van der Waals surface area (Å²) in [5, 5.41) is 0. The maximum absolute atomic E-state index is 11.8. The molecule has 0 aliphatic carbocycles. The smallest absolute Gasteiger partial charge is 0.222 e. The van der Waals surface area contributed by atoms with Crippen molar-refractivity contribution in [2.45, 2.75) is 46.1 Å². The van der Waals surface area contributed by atoms with Gasteiger partial charge in [0.2, 0.25) is 11.8 Å². The van der Waals surface area contributed by atoms with Gasteiger partial charge in [-0.05, 0) is 27.2 Å². The molecule has 6 heteroatoms. The first kappa shape index (κ1) is 20.5. The van der Waals surface area contributed by atoms with Gasteiger partial charge >= 0.3 is 0 Å². The van der Waals surface area contributed by atoms with Gasteiger partial charge in [-0.15, -0.1) is 12.4 Å². The molecule has 0 saturated carbocycles. The molecule has 1 unspecified atom stereocenters. The maximum Gasteiger partial charge on any atom is 0.222 e. The Kier molecular flexibility index (Phi) is 11.9. The molecule has 5 nitrogen and oxygen atoms in total. The lowest BCUT2D eigenvalue weighted by molar-refractivity contribution is -0.132. The quantitative estimate of drug-likeness (QED) is 0.732. The van der Waals surface area contributed by atoms with Crippen molar-refractivity contribution in [2.24, 2.45) is 5.73 Å². The largest absolute Gasteiger partial charge is 0.343 e. The highest BCUT2D eigenvalue weighted by atomic mass is 35.5. The van der Waals surface area contributed by atoms with Crippen LogP contribution in [0.1, 0.15) is 40.0 Å². The van der Waals surface area contributed by atoms with Crippen LogP contribution in [-0.4, -0.2) is 54.3 Å². The molecule has 0 heterocycles. The van der Waals surface area contributed by atoms with E-state index in [1.165, 1.54) is 0 Å². The Morgan fingerprint density at radius 3 is 2.00 bits per heavy atom. The van der Waals surface area contributed by atoms with Gasteiger partial charge in [-0.2, -0.15) is 0 Å². The Morgan fingerprint density at radius 1 is 1.11 bits per heavy atom. The molecule has 0 fully saturated rings. The zero-order chi connectivity index (χ0) is 14.1. The highest BCUT2D eigenvalue weighted by molar-refractivity contribution is 5.85. The van der Waals surface area contributed by atoms with E-state index in [9.17, 15) is 9.59 Å². The summed E-state index contributed by atoms with van der Waals surface area (Å²) < 4.78 is 0. The average molecular weight is 294 g/mol. The maximum atomic E-state index is 11.8. The van der Waals surface area contributed by atoms with E-state index >= 15 is 0 Å². The molecule has 19 heavy (non-hydrogen) atoms. The van der Waals surface area contributed by atoms with Crippen LogP contribution in [0.4, 0.5) is 0 Å². The van der Waals surface area contributed by atoms with Gasteiger partial charge in [0.1, 0.15) is 0 Å². The van der Waals surface area contributed by atoms with Gasteiger partial charge in [0.15, 0.2) is 0 Å². The fourth-order valence-electron chi connectivity index (χ4n) is 1.71. The molecule has 0 saturated heterocycles. The van der Waals surface area contributed by atoms with E-state index in [2.05, 4.69) is 0 Å². The van der Waals surface area contributed by atoms with E-state index in [4.69, 9.17) is 5.73 Å². The predicted molar refractivity (Wildman–Crippen MR) is 80.3 cm³/mol. The van der Waals surface area contributed by atoms with Crippen molar-refractivity contribution in [3.63, 3.8) is 0 Å². The first-order valence-corrected chi connectivity index (χ1v) is 6.71. The van der Waals surface area contributed by atoms with E-state index in [1.54, 1.807) is 16.8 Å². The number of nitrogens with two attached hydrogens (primary N) is 1. The third kappa shape index (κ3) is 7.38. The summed E-state index contributed by atoms with van der Waals surface area (Å²) in [5.41, 5.74) is 5.51. The Labute approximate surface area is 122 Å².